The van der Waals surface area contributed by atoms with E-state index in [0.29, 0.717) is 5.56 Å². The van der Waals surface area contributed by atoms with Crippen molar-refractivity contribution in [3.63, 3.8) is 0 Å². The third-order valence-electron chi connectivity index (χ3n) is 3.87. The van der Waals surface area contributed by atoms with Crippen LogP contribution in [0.4, 0.5) is 5.69 Å². The Morgan fingerprint density at radius 1 is 1.18 bits per heavy atom. The number of non-ortho nitro benzene ring substituents is 1. The minimum absolute atomic E-state index is 0.109. The number of aromatic nitrogens is 1. The highest BCUT2D eigenvalue weighted by molar-refractivity contribution is 5.94. The standard InChI is InChI=1S/C19H20N2O7/c1-4-27-17(23)9-12-8-15(20-11(3)18(12)19(24)28-5-2)14-10-13(21(25)26)6-7-16(14)22/h6-8,10,22H,4-5,9H2,1-3H3. The molecule has 1 aromatic carbocycles. The zero-order valence-corrected chi connectivity index (χ0v) is 15.7. The number of ether oxygens (including phenoxy) is 2. The zero-order valence-electron chi connectivity index (χ0n) is 15.7. The molecule has 0 aliphatic carbocycles. The van der Waals surface area contributed by atoms with Crippen molar-refractivity contribution in [1.82, 2.24) is 4.98 Å². The van der Waals surface area contributed by atoms with Gasteiger partial charge < -0.3 is 14.6 Å². The Kier molecular flexibility index (Phi) is 6.64. The first-order valence-electron chi connectivity index (χ1n) is 8.59. The molecule has 0 saturated heterocycles. The number of hydrogen-bond acceptors (Lipinski definition) is 8. The van der Waals surface area contributed by atoms with E-state index in [4.69, 9.17) is 9.47 Å². The molecule has 1 N–H and O–H groups in total. The first-order valence-corrected chi connectivity index (χ1v) is 8.59. The summed E-state index contributed by atoms with van der Waals surface area (Å²) in [6.45, 7) is 5.19. The van der Waals surface area contributed by atoms with Crippen molar-refractivity contribution in [2.75, 3.05) is 13.2 Å². The number of rotatable bonds is 7. The number of hydrogen-bond donors (Lipinski definition) is 1. The number of benzene rings is 1. The molecule has 0 aliphatic rings. The Morgan fingerprint density at radius 2 is 1.86 bits per heavy atom. The monoisotopic (exact) mass is 388 g/mol. The van der Waals surface area contributed by atoms with Gasteiger partial charge in [-0.15, -0.1) is 0 Å². The fourth-order valence-corrected chi connectivity index (χ4v) is 2.71. The fourth-order valence-electron chi connectivity index (χ4n) is 2.71. The molecule has 0 unspecified atom stereocenters. The van der Waals surface area contributed by atoms with Crippen molar-refractivity contribution in [1.29, 1.82) is 0 Å². The summed E-state index contributed by atoms with van der Waals surface area (Å²) < 4.78 is 9.99. The summed E-state index contributed by atoms with van der Waals surface area (Å²) in [4.78, 5) is 39.0. The van der Waals surface area contributed by atoms with Crippen LogP contribution in [-0.4, -0.2) is 40.2 Å². The Hall–Kier alpha value is -3.49. The number of aromatic hydroxyl groups is 1. The van der Waals surface area contributed by atoms with Crippen LogP contribution in [0.2, 0.25) is 0 Å². The summed E-state index contributed by atoms with van der Waals surface area (Å²) in [5.74, 6) is -1.40. The summed E-state index contributed by atoms with van der Waals surface area (Å²) in [5.41, 5.74) is 0.757. The average Bonchev–Trinajstić information content (AvgIpc) is 2.61. The van der Waals surface area contributed by atoms with E-state index in [2.05, 4.69) is 4.98 Å². The topological polar surface area (TPSA) is 129 Å². The quantitative estimate of drug-likeness (QED) is 0.435. The van der Waals surface area contributed by atoms with E-state index in [1.807, 2.05) is 0 Å². The van der Waals surface area contributed by atoms with Gasteiger partial charge in [0.25, 0.3) is 5.69 Å². The summed E-state index contributed by atoms with van der Waals surface area (Å²) >= 11 is 0. The first kappa shape index (κ1) is 20.8. The molecule has 28 heavy (non-hydrogen) atoms. The minimum atomic E-state index is -0.637. The lowest BCUT2D eigenvalue weighted by atomic mass is 9.99. The van der Waals surface area contributed by atoms with Gasteiger partial charge in [0, 0.05) is 17.7 Å². The number of nitrogens with zero attached hydrogens (tertiary/aromatic N) is 2. The minimum Gasteiger partial charge on any atom is -0.507 e. The number of pyridine rings is 1. The van der Waals surface area contributed by atoms with Crippen LogP contribution in [0.25, 0.3) is 11.3 Å². The molecule has 2 aromatic rings. The van der Waals surface area contributed by atoms with Gasteiger partial charge >= 0.3 is 11.9 Å². The second-order valence-electron chi connectivity index (χ2n) is 5.79. The number of phenolic OH excluding ortho intramolecular Hbond substituents is 1. The Morgan fingerprint density at radius 3 is 2.46 bits per heavy atom. The second kappa shape index (κ2) is 8.94. The van der Waals surface area contributed by atoms with Crippen LogP contribution in [0.15, 0.2) is 24.3 Å². The number of esters is 2. The van der Waals surface area contributed by atoms with Gasteiger partial charge in [-0.2, -0.15) is 0 Å². The molecule has 9 heteroatoms. The third kappa shape index (κ3) is 4.61. The van der Waals surface area contributed by atoms with E-state index in [0.717, 1.165) is 6.07 Å². The highest BCUT2D eigenvalue weighted by Gasteiger charge is 2.22. The maximum atomic E-state index is 12.3. The van der Waals surface area contributed by atoms with Gasteiger partial charge in [0.05, 0.1) is 41.5 Å². The molecule has 2 rings (SSSR count). The van der Waals surface area contributed by atoms with Crippen molar-refractivity contribution < 1.29 is 29.1 Å². The smallest absolute Gasteiger partial charge is 0.340 e. The molecule has 1 heterocycles. The Bertz CT molecular complexity index is 925. The van der Waals surface area contributed by atoms with Crippen molar-refractivity contribution >= 4 is 17.6 Å². The Labute approximate surface area is 161 Å². The summed E-state index contributed by atoms with van der Waals surface area (Å²) in [5, 5.41) is 21.2. The van der Waals surface area contributed by atoms with E-state index in [-0.39, 0.29) is 53.6 Å². The Balaban J connectivity index is 2.63. The van der Waals surface area contributed by atoms with Gasteiger partial charge in [0.15, 0.2) is 0 Å². The van der Waals surface area contributed by atoms with E-state index in [1.165, 1.54) is 18.2 Å². The largest absolute Gasteiger partial charge is 0.507 e. The van der Waals surface area contributed by atoms with Crippen molar-refractivity contribution in [2.24, 2.45) is 0 Å². The molecule has 0 atom stereocenters. The molecule has 0 bridgehead atoms. The highest BCUT2D eigenvalue weighted by Crippen LogP contribution is 2.33. The van der Waals surface area contributed by atoms with Crippen LogP contribution in [0.3, 0.4) is 0 Å². The van der Waals surface area contributed by atoms with Crippen molar-refractivity contribution in [2.45, 2.75) is 27.2 Å². The van der Waals surface area contributed by atoms with Gasteiger partial charge in [-0.3, -0.25) is 19.9 Å². The predicted molar refractivity (Wildman–Crippen MR) is 99.0 cm³/mol. The van der Waals surface area contributed by atoms with Crippen LogP contribution in [-0.2, 0) is 20.7 Å². The number of phenols is 1. The van der Waals surface area contributed by atoms with Crippen molar-refractivity contribution in [3.8, 4) is 17.0 Å². The van der Waals surface area contributed by atoms with E-state index < -0.39 is 16.9 Å². The first-order chi connectivity index (χ1) is 13.3. The fraction of sp³-hybridized carbons (Fsp3) is 0.316. The molecular weight excluding hydrogens is 368 g/mol. The molecule has 1 aromatic heterocycles. The van der Waals surface area contributed by atoms with Gasteiger partial charge in [-0.1, -0.05) is 0 Å². The SMILES string of the molecule is CCOC(=O)Cc1cc(-c2cc([N+](=O)[O-])ccc2O)nc(C)c1C(=O)OCC. The van der Waals surface area contributed by atoms with Gasteiger partial charge in [0.2, 0.25) is 0 Å². The molecule has 0 radical (unpaired) electrons. The molecular formula is C19H20N2O7. The number of carbonyl (C=O) groups is 2. The second-order valence-corrected chi connectivity index (χ2v) is 5.79. The normalized spacial score (nSPS) is 10.4. The van der Waals surface area contributed by atoms with E-state index in [9.17, 15) is 24.8 Å². The number of nitro groups is 1. The summed E-state index contributed by atoms with van der Waals surface area (Å²) in [7, 11) is 0. The van der Waals surface area contributed by atoms with Gasteiger partial charge in [0.1, 0.15) is 5.75 Å². The number of aryl methyl sites for hydroxylation is 1. The molecule has 0 amide bonds. The zero-order chi connectivity index (χ0) is 20.8. The summed E-state index contributed by atoms with van der Waals surface area (Å²) in [6.07, 6.45) is -0.214. The molecule has 9 nitrogen and oxygen atoms in total. The van der Waals surface area contributed by atoms with Crippen LogP contribution in [0.5, 0.6) is 5.75 Å². The number of nitro benzene ring substituents is 1. The maximum absolute atomic E-state index is 12.3. The van der Waals surface area contributed by atoms with Crippen LogP contribution >= 0.6 is 0 Å². The van der Waals surface area contributed by atoms with Crippen LogP contribution < -0.4 is 0 Å². The lowest BCUT2D eigenvalue weighted by molar-refractivity contribution is -0.384. The lowest BCUT2D eigenvalue weighted by Crippen LogP contribution is -2.16. The number of carbonyl (C=O) groups excluding carboxylic acids is 2. The van der Waals surface area contributed by atoms with Crippen LogP contribution in [0, 0.1) is 17.0 Å². The average molecular weight is 388 g/mol. The predicted octanol–water partition coefficient (Wildman–Crippen LogP) is 2.95. The molecule has 0 fully saturated rings. The highest BCUT2D eigenvalue weighted by atomic mass is 16.6. The molecule has 148 valence electrons. The maximum Gasteiger partial charge on any atom is 0.340 e. The van der Waals surface area contributed by atoms with Gasteiger partial charge in [-0.25, -0.2) is 4.79 Å². The molecule has 0 saturated carbocycles. The van der Waals surface area contributed by atoms with Crippen molar-refractivity contribution in [3.05, 3.63) is 51.2 Å². The summed E-state index contributed by atoms with van der Waals surface area (Å²) in [6, 6.07) is 4.96. The lowest BCUT2D eigenvalue weighted by Gasteiger charge is -2.14. The van der Waals surface area contributed by atoms with E-state index in [1.54, 1.807) is 20.8 Å². The van der Waals surface area contributed by atoms with E-state index >= 15 is 0 Å². The van der Waals surface area contributed by atoms with Crippen LogP contribution in [0.1, 0.15) is 35.5 Å². The third-order valence-corrected chi connectivity index (χ3v) is 3.87. The molecule has 0 aliphatic heterocycles. The van der Waals surface area contributed by atoms with Gasteiger partial charge in [-0.05, 0) is 38.5 Å². The molecule has 0 spiro atoms.